The number of carbonyl (C=O) groups is 2. The highest BCUT2D eigenvalue weighted by molar-refractivity contribution is 7.16. The fourth-order valence-electron chi connectivity index (χ4n) is 5.45. The minimum absolute atomic E-state index is 0.167. The summed E-state index contributed by atoms with van der Waals surface area (Å²) in [5, 5.41) is 6.29. The van der Waals surface area contributed by atoms with Crippen molar-refractivity contribution in [1.82, 2.24) is 19.8 Å². The van der Waals surface area contributed by atoms with Crippen LogP contribution in [-0.2, 0) is 16.1 Å². The Morgan fingerprint density at radius 1 is 1.00 bits per heavy atom. The minimum atomic E-state index is -2.31. The van der Waals surface area contributed by atoms with Gasteiger partial charge in [0.05, 0.1) is 17.7 Å². The number of fused-ring (bicyclic) bond motifs is 2. The number of hydrogen-bond donors (Lipinski definition) is 2. The molecule has 2 aliphatic heterocycles. The van der Waals surface area contributed by atoms with Crippen molar-refractivity contribution in [3.63, 3.8) is 0 Å². The first-order valence-corrected chi connectivity index (χ1v) is 12.6. The van der Waals surface area contributed by atoms with E-state index < -0.39 is 12.3 Å². The van der Waals surface area contributed by atoms with Gasteiger partial charge in [-0.2, -0.15) is 0 Å². The van der Waals surface area contributed by atoms with Crippen LogP contribution in [0.2, 0.25) is 0 Å². The third-order valence-electron chi connectivity index (χ3n) is 7.12. The van der Waals surface area contributed by atoms with E-state index in [1.165, 1.54) is 0 Å². The molecule has 3 aromatic heterocycles. The Labute approximate surface area is 204 Å². The number of amides is 2. The van der Waals surface area contributed by atoms with Crippen molar-refractivity contribution in [3.05, 3.63) is 59.2 Å². The van der Waals surface area contributed by atoms with Crippen LogP contribution in [0, 0.1) is 5.92 Å². The summed E-state index contributed by atoms with van der Waals surface area (Å²) in [5.74, 6) is -0.423. The van der Waals surface area contributed by atoms with Gasteiger partial charge in [0.25, 0.3) is 18.2 Å². The number of benzene rings is 1. The number of aromatic nitrogens is 2. The number of nitrogens with one attached hydrogen (secondary N) is 2. The first-order valence-electron chi connectivity index (χ1n) is 11.7. The van der Waals surface area contributed by atoms with Gasteiger partial charge in [0.1, 0.15) is 4.83 Å². The van der Waals surface area contributed by atoms with Crippen LogP contribution < -0.4 is 5.32 Å². The Balaban J connectivity index is 1.39. The molecule has 1 saturated heterocycles. The van der Waals surface area contributed by atoms with Gasteiger partial charge in [0.15, 0.2) is 0 Å². The molecular formula is C26H24F2N4O2S. The van der Waals surface area contributed by atoms with Crippen LogP contribution in [0.4, 0.5) is 8.78 Å². The second-order valence-electron chi connectivity index (χ2n) is 9.25. The molecular weight excluding hydrogens is 470 g/mol. The third-order valence-corrected chi connectivity index (χ3v) is 7.97. The van der Waals surface area contributed by atoms with Crippen LogP contribution in [0.5, 0.6) is 0 Å². The number of likely N-dealkylation sites (tertiary alicyclic amines) is 1. The number of aromatic amines is 1. The van der Waals surface area contributed by atoms with Gasteiger partial charge in [-0.25, -0.2) is 8.78 Å². The Morgan fingerprint density at radius 3 is 2.51 bits per heavy atom. The first kappa shape index (κ1) is 22.2. The van der Waals surface area contributed by atoms with E-state index in [4.69, 9.17) is 0 Å². The van der Waals surface area contributed by atoms with Crippen LogP contribution in [0.15, 0.2) is 48.1 Å². The van der Waals surface area contributed by atoms with E-state index in [0.717, 1.165) is 51.6 Å². The van der Waals surface area contributed by atoms with Crippen LogP contribution >= 0.6 is 11.3 Å². The van der Waals surface area contributed by atoms with Crippen molar-refractivity contribution in [3.8, 4) is 0 Å². The lowest BCUT2D eigenvalue weighted by Crippen LogP contribution is -2.37. The molecule has 0 bridgehead atoms. The molecule has 1 fully saturated rings. The molecule has 180 valence electrons. The molecule has 9 heteroatoms. The van der Waals surface area contributed by atoms with Gasteiger partial charge in [-0.15, -0.1) is 11.3 Å². The quantitative estimate of drug-likeness (QED) is 0.381. The normalized spacial score (nSPS) is 18.0. The number of thiophene rings is 1. The van der Waals surface area contributed by atoms with Gasteiger partial charge in [0.2, 0.25) is 0 Å². The topological polar surface area (TPSA) is 70.1 Å². The molecule has 0 unspecified atom stereocenters. The highest BCUT2D eigenvalue weighted by Gasteiger charge is 2.35. The zero-order valence-corrected chi connectivity index (χ0v) is 19.7. The minimum Gasteiger partial charge on any atom is -0.352 e. The maximum atomic E-state index is 13.1. The molecule has 4 aromatic rings. The van der Waals surface area contributed by atoms with E-state index in [-0.39, 0.29) is 12.5 Å². The van der Waals surface area contributed by atoms with E-state index >= 15 is 0 Å². The van der Waals surface area contributed by atoms with E-state index in [9.17, 15) is 18.4 Å². The molecule has 2 aliphatic rings. The van der Waals surface area contributed by atoms with E-state index in [2.05, 4.69) is 14.9 Å². The first-order chi connectivity index (χ1) is 17.0. The number of nitrogens with zero attached hydrogens (tertiary/aromatic N) is 2. The Kier molecular flexibility index (Phi) is 5.53. The molecule has 0 spiro atoms. The molecule has 6 nitrogen and oxygen atoms in total. The smallest absolute Gasteiger partial charge is 0.259 e. The van der Waals surface area contributed by atoms with Crippen LogP contribution in [0.1, 0.15) is 24.0 Å². The number of halogens is 2. The summed E-state index contributed by atoms with van der Waals surface area (Å²) in [6, 6.07) is 9.85. The monoisotopic (exact) mass is 494 g/mol. The van der Waals surface area contributed by atoms with Crippen molar-refractivity contribution in [2.75, 3.05) is 19.6 Å². The van der Waals surface area contributed by atoms with Gasteiger partial charge < -0.3 is 9.55 Å². The van der Waals surface area contributed by atoms with Gasteiger partial charge in [0, 0.05) is 46.4 Å². The Bertz CT molecular complexity index is 1470. The molecule has 35 heavy (non-hydrogen) atoms. The lowest BCUT2D eigenvalue weighted by molar-refractivity contribution is -0.122. The zero-order valence-electron chi connectivity index (χ0n) is 18.9. The molecule has 0 atom stereocenters. The summed E-state index contributed by atoms with van der Waals surface area (Å²) >= 11 is 1.55. The maximum Gasteiger partial charge on any atom is 0.259 e. The highest BCUT2D eigenvalue weighted by atomic mass is 32.1. The standard InChI is InChI=1S/C26H24F2N4O2S/c27-21(28)14-31-8-5-15(6-9-31)12-32-13-19(16-3-1-2-4-20(16)32)23-22(24(33)30-25(23)34)18-11-29-26-17(18)7-10-35-26/h1-4,7,10-11,13,15,21,29H,5-6,8-9,12,14H2,(H,30,33,34). The van der Waals surface area contributed by atoms with Crippen molar-refractivity contribution < 1.29 is 18.4 Å². The van der Waals surface area contributed by atoms with Gasteiger partial charge in [-0.05, 0) is 49.4 Å². The van der Waals surface area contributed by atoms with Crippen molar-refractivity contribution in [1.29, 1.82) is 0 Å². The lowest BCUT2D eigenvalue weighted by Gasteiger charge is -2.31. The van der Waals surface area contributed by atoms with Crippen molar-refractivity contribution >= 4 is 55.4 Å². The fourth-order valence-corrected chi connectivity index (χ4v) is 6.22. The van der Waals surface area contributed by atoms with E-state index in [0.29, 0.717) is 30.2 Å². The van der Waals surface area contributed by atoms with Crippen LogP contribution in [0.25, 0.3) is 32.3 Å². The molecule has 2 N–H and O–H groups in total. The highest BCUT2D eigenvalue weighted by Crippen LogP contribution is 2.39. The number of para-hydroxylation sites is 1. The molecule has 1 aromatic carbocycles. The van der Waals surface area contributed by atoms with Crippen LogP contribution in [-0.4, -0.2) is 52.3 Å². The largest absolute Gasteiger partial charge is 0.352 e. The maximum absolute atomic E-state index is 13.1. The molecule has 0 saturated carbocycles. The van der Waals surface area contributed by atoms with E-state index in [1.54, 1.807) is 17.5 Å². The lowest BCUT2D eigenvalue weighted by atomic mass is 9.96. The Hall–Kier alpha value is -3.30. The summed E-state index contributed by atoms with van der Waals surface area (Å²) in [6.45, 7) is 1.90. The SMILES string of the molecule is O=C1NC(=O)C(c2cn(CC3CCN(CC(F)F)CC3)c3ccccc23)=C1c1c[nH]c2sccc12. The molecule has 0 radical (unpaired) electrons. The summed E-state index contributed by atoms with van der Waals surface area (Å²) in [6.07, 6.45) is 3.16. The zero-order chi connectivity index (χ0) is 24.1. The van der Waals surface area contributed by atoms with Gasteiger partial charge >= 0.3 is 0 Å². The third kappa shape index (κ3) is 3.88. The molecule has 6 rings (SSSR count). The summed E-state index contributed by atoms with van der Waals surface area (Å²) in [4.78, 5) is 32.0. The Morgan fingerprint density at radius 2 is 1.74 bits per heavy atom. The predicted molar refractivity (Wildman–Crippen MR) is 133 cm³/mol. The summed E-state index contributed by atoms with van der Waals surface area (Å²) in [7, 11) is 0. The van der Waals surface area contributed by atoms with Gasteiger partial charge in [-0.3, -0.25) is 19.8 Å². The molecule has 2 amide bonds. The number of alkyl halides is 2. The number of H-pyrrole nitrogens is 1. The number of carbonyl (C=O) groups excluding carboxylic acids is 2. The van der Waals surface area contributed by atoms with Crippen LogP contribution in [0.3, 0.4) is 0 Å². The summed E-state index contributed by atoms with van der Waals surface area (Å²) < 4.78 is 27.6. The molecule has 0 aliphatic carbocycles. The van der Waals surface area contributed by atoms with Gasteiger partial charge in [-0.1, -0.05) is 18.2 Å². The average Bonchev–Trinajstić information content (AvgIpc) is 3.58. The fraction of sp³-hybridized carbons (Fsp3) is 0.308. The van der Waals surface area contributed by atoms with Crippen molar-refractivity contribution in [2.45, 2.75) is 25.8 Å². The van der Waals surface area contributed by atoms with E-state index in [1.807, 2.05) is 46.8 Å². The number of piperidine rings is 1. The molecule has 5 heterocycles. The number of hydrogen-bond acceptors (Lipinski definition) is 4. The number of imide groups is 1. The second kappa shape index (κ2) is 8.73. The second-order valence-corrected chi connectivity index (χ2v) is 10.2. The predicted octanol–water partition coefficient (Wildman–Crippen LogP) is 4.73. The summed E-state index contributed by atoms with van der Waals surface area (Å²) in [5.41, 5.74) is 3.24. The average molecular weight is 495 g/mol. The number of rotatable bonds is 6. The van der Waals surface area contributed by atoms with Crippen molar-refractivity contribution in [2.24, 2.45) is 5.92 Å².